The Bertz CT molecular complexity index is 855. The number of non-ortho nitro benzene ring substituents is 1. The predicted molar refractivity (Wildman–Crippen MR) is 90.5 cm³/mol. The summed E-state index contributed by atoms with van der Waals surface area (Å²) in [6.45, 7) is 5.75. The summed E-state index contributed by atoms with van der Waals surface area (Å²) in [6.07, 6.45) is 0. The molecule has 0 spiro atoms. The molecule has 2 aromatic rings. The largest absolute Gasteiger partial charge is 0.303 e. The molecule has 24 heavy (non-hydrogen) atoms. The SMILES string of the molecule is CCN(CC)CC1C(=O)c2cccc3cc([N+](=O)[O-])cc(c23)C1=O. The second-order valence-corrected chi connectivity index (χ2v) is 5.92. The zero-order valence-electron chi connectivity index (χ0n) is 13.6. The van der Waals surface area contributed by atoms with Gasteiger partial charge in [-0.2, -0.15) is 0 Å². The van der Waals surface area contributed by atoms with Crippen molar-refractivity contribution in [3.63, 3.8) is 0 Å². The molecular weight excluding hydrogens is 308 g/mol. The molecule has 0 aromatic heterocycles. The van der Waals surface area contributed by atoms with Crippen molar-refractivity contribution in [3.8, 4) is 0 Å². The van der Waals surface area contributed by atoms with E-state index in [2.05, 4.69) is 0 Å². The molecule has 124 valence electrons. The van der Waals surface area contributed by atoms with Crippen molar-refractivity contribution >= 4 is 28.0 Å². The number of ketones is 2. The summed E-state index contributed by atoms with van der Waals surface area (Å²) in [7, 11) is 0. The van der Waals surface area contributed by atoms with E-state index in [1.807, 2.05) is 18.7 Å². The van der Waals surface area contributed by atoms with Crippen LogP contribution < -0.4 is 0 Å². The van der Waals surface area contributed by atoms with Gasteiger partial charge in [-0.25, -0.2) is 0 Å². The first-order valence-corrected chi connectivity index (χ1v) is 7.99. The number of hydrogen-bond acceptors (Lipinski definition) is 5. The molecule has 1 aliphatic rings. The summed E-state index contributed by atoms with van der Waals surface area (Å²) in [5.41, 5.74) is 0.639. The van der Waals surface area contributed by atoms with Crippen LogP contribution in [0.4, 0.5) is 5.69 Å². The Hall–Kier alpha value is -2.60. The van der Waals surface area contributed by atoms with Crippen LogP contribution in [0.1, 0.15) is 34.6 Å². The van der Waals surface area contributed by atoms with Gasteiger partial charge in [-0.3, -0.25) is 19.7 Å². The molecule has 3 rings (SSSR count). The first-order valence-electron chi connectivity index (χ1n) is 7.99. The third-order valence-corrected chi connectivity index (χ3v) is 4.67. The van der Waals surface area contributed by atoms with E-state index in [1.54, 1.807) is 18.2 Å². The fourth-order valence-corrected chi connectivity index (χ4v) is 3.32. The molecule has 0 bridgehead atoms. The van der Waals surface area contributed by atoms with Crippen LogP contribution in [0, 0.1) is 16.0 Å². The van der Waals surface area contributed by atoms with Crippen LogP contribution >= 0.6 is 0 Å². The Morgan fingerprint density at radius 2 is 1.75 bits per heavy atom. The number of rotatable bonds is 5. The third-order valence-electron chi connectivity index (χ3n) is 4.67. The number of Topliss-reactive ketones (excluding diaryl/α,β-unsaturated/α-hetero) is 2. The van der Waals surface area contributed by atoms with E-state index in [9.17, 15) is 19.7 Å². The maximum Gasteiger partial charge on any atom is 0.270 e. The zero-order chi connectivity index (χ0) is 17.4. The summed E-state index contributed by atoms with van der Waals surface area (Å²) in [4.78, 5) is 38.4. The molecule has 1 unspecified atom stereocenters. The highest BCUT2D eigenvalue weighted by atomic mass is 16.6. The van der Waals surface area contributed by atoms with Crippen LogP contribution in [0.25, 0.3) is 10.8 Å². The summed E-state index contributed by atoms with van der Waals surface area (Å²) in [5, 5.41) is 12.2. The van der Waals surface area contributed by atoms with Crippen LogP contribution in [-0.2, 0) is 0 Å². The van der Waals surface area contributed by atoms with Gasteiger partial charge in [0.05, 0.1) is 10.8 Å². The van der Waals surface area contributed by atoms with E-state index in [4.69, 9.17) is 0 Å². The summed E-state index contributed by atoms with van der Waals surface area (Å²) >= 11 is 0. The van der Waals surface area contributed by atoms with Crippen LogP contribution in [0.3, 0.4) is 0 Å². The van der Waals surface area contributed by atoms with Crippen molar-refractivity contribution in [2.75, 3.05) is 19.6 Å². The Morgan fingerprint density at radius 3 is 2.38 bits per heavy atom. The lowest BCUT2D eigenvalue weighted by molar-refractivity contribution is -0.384. The topological polar surface area (TPSA) is 80.5 Å². The van der Waals surface area contributed by atoms with E-state index in [0.29, 0.717) is 22.9 Å². The van der Waals surface area contributed by atoms with E-state index < -0.39 is 10.8 Å². The van der Waals surface area contributed by atoms with Gasteiger partial charge in [0.1, 0.15) is 0 Å². The minimum absolute atomic E-state index is 0.126. The lowest BCUT2D eigenvalue weighted by Gasteiger charge is -2.27. The highest BCUT2D eigenvalue weighted by Crippen LogP contribution is 2.35. The molecule has 0 N–H and O–H groups in total. The summed E-state index contributed by atoms with van der Waals surface area (Å²) < 4.78 is 0. The van der Waals surface area contributed by atoms with Gasteiger partial charge in [-0.15, -0.1) is 0 Å². The standard InChI is InChI=1S/C18H18N2O4/c1-3-19(4-2)10-15-17(21)13-7-5-6-11-8-12(20(23)24)9-14(16(11)13)18(15)22/h5-9,15H,3-4,10H2,1-2H3. The number of nitro benzene ring substituents is 1. The quantitative estimate of drug-likeness (QED) is 0.479. The van der Waals surface area contributed by atoms with Gasteiger partial charge in [0.25, 0.3) is 5.69 Å². The van der Waals surface area contributed by atoms with E-state index in [-0.39, 0.29) is 22.8 Å². The minimum atomic E-state index is -0.801. The summed E-state index contributed by atoms with van der Waals surface area (Å²) in [5.74, 6) is -1.32. The fourth-order valence-electron chi connectivity index (χ4n) is 3.32. The molecule has 1 aliphatic carbocycles. The number of carbonyl (C=O) groups is 2. The van der Waals surface area contributed by atoms with E-state index in [1.165, 1.54) is 12.1 Å². The Morgan fingerprint density at radius 1 is 1.08 bits per heavy atom. The fraction of sp³-hybridized carbons (Fsp3) is 0.333. The molecule has 6 heteroatoms. The second-order valence-electron chi connectivity index (χ2n) is 5.92. The Kier molecular flexibility index (Phi) is 4.15. The lowest BCUT2D eigenvalue weighted by atomic mass is 9.79. The van der Waals surface area contributed by atoms with Gasteiger partial charge < -0.3 is 4.90 Å². The second kappa shape index (κ2) is 6.13. The molecule has 0 aliphatic heterocycles. The normalized spacial score (nSPS) is 16.9. The minimum Gasteiger partial charge on any atom is -0.303 e. The number of nitrogens with zero attached hydrogens (tertiary/aromatic N) is 2. The predicted octanol–water partition coefficient (Wildman–Crippen LogP) is 3.09. The van der Waals surface area contributed by atoms with Gasteiger partial charge in [-0.05, 0) is 18.5 Å². The van der Waals surface area contributed by atoms with Gasteiger partial charge in [0.15, 0.2) is 11.6 Å². The van der Waals surface area contributed by atoms with Crippen molar-refractivity contribution in [1.29, 1.82) is 0 Å². The van der Waals surface area contributed by atoms with Gasteiger partial charge in [0.2, 0.25) is 0 Å². The molecule has 0 saturated carbocycles. The highest BCUT2D eigenvalue weighted by molar-refractivity contribution is 6.29. The van der Waals surface area contributed by atoms with Crippen molar-refractivity contribution in [3.05, 3.63) is 51.6 Å². The number of hydrogen-bond donors (Lipinski definition) is 0. The molecular formula is C18H18N2O4. The van der Waals surface area contributed by atoms with Crippen LogP contribution in [0.15, 0.2) is 30.3 Å². The van der Waals surface area contributed by atoms with Crippen molar-refractivity contribution in [1.82, 2.24) is 4.90 Å². The molecule has 2 aromatic carbocycles. The Balaban J connectivity index is 2.18. The average molecular weight is 326 g/mol. The molecule has 1 atom stereocenters. The average Bonchev–Trinajstić information content (AvgIpc) is 2.59. The number of carbonyl (C=O) groups excluding carboxylic acids is 2. The monoisotopic (exact) mass is 326 g/mol. The molecule has 0 radical (unpaired) electrons. The zero-order valence-corrected chi connectivity index (χ0v) is 13.6. The van der Waals surface area contributed by atoms with Gasteiger partial charge in [0, 0.05) is 35.2 Å². The molecule has 6 nitrogen and oxygen atoms in total. The number of benzene rings is 2. The first kappa shape index (κ1) is 16.3. The van der Waals surface area contributed by atoms with E-state index >= 15 is 0 Å². The highest BCUT2D eigenvalue weighted by Gasteiger charge is 2.37. The van der Waals surface area contributed by atoms with Gasteiger partial charge >= 0.3 is 0 Å². The smallest absolute Gasteiger partial charge is 0.270 e. The molecule has 0 heterocycles. The van der Waals surface area contributed by atoms with E-state index in [0.717, 1.165) is 13.1 Å². The van der Waals surface area contributed by atoms with Crippen LogP contribution in [0.5, 0.6) is 0 Å². The Labute approximate surface area is 139 Å². The van der Waals surface area contributed by atoms with Crippen LogP contribution in [-0.4, -0.2) is 41.0 Å². The van der Waals surface area contributed by atoms with Crippen molar-refractivity contribution in [2.24, 2.45) is 5.92 Å². The van der Waals surface area contributed by atoms with Crippen molar-refractivity contribution in [2.45, 2.75) is 13.8 Å². The summed E-state index contributed by atoms with van der Waals surface area (Å²) in [6, 6.07) is 7.80. The molecule has 0 fully saturated rings. The van der Waals surface area contributed by atoms with Crippen molar-refractivity contribution < 1.29 is 14.5 Å². The third kappa shape index (κ3) is 2.49. The maximum absolute atomic E-state index is 12.9. The lowest BCUT2D eigenvalue weighted by Crippen LogP contribution is -2.39. The number of nitro groups is 1. The van der Waals surface area contributed by atoms with Crippen LogP contribution in [0.2, 0.25) is 0 Å². The molecule has 0 amide bonds. The maximum atomic E-state index is 12.9. The molecule has 0 saturated heterocycles. The first-order chi connectivity index (χ1) is 11.5. The van der Waals surface area contributed by atoms with Gasteiger partial charge in [-0.1, -0.05) is 32.0 Å².